The largest absolute Gasteiger partial charge is 0.497 e. The number of carbonyl (C=O) groups is 1. The molecule has 0 radical (unpaired) electrons. The standard InChI is InChI=1S/C25H31N5O3/c1-28(2)12-22(32)30-16-25(14-29(15-25)11-17-6-8-26-9-7-17)23-19-5-4-18(33-3)10-20(19)27-24(23)21(30)13-31/h4-10,21,27,31H,11-16H2,1-3H3/t21-/m0/s1. The maximum atomic E-state index is 13.2. The number of ether oxygens (including phenoxy) is 1. The zero-order valence-electron chi connectivity index (χ0n) is 19.4. The van der Waals surface area contributed by atoms with Crippen molar-refractivity contribution >= 4 is 16.8 Å². The SMILES string of the molecule is COc1ccc2c3c([nH]c2c1)[C@H](CO)N(C(=O)CN(C)C)CC31CN(Cc2ccncc2)C1. The minimum atomic E-state index is -0.384. The summed E-state index contributed by atoms with van der Waals surface area (Å²) in [4.78, 5) is 27.0. The number of aliphatic hydroxyl groups excluding tert-OH is 1. The highest BCUT2D eigenvalue weighted by Crippen LogP contribution is 2.48. The fourth-order valence-corrected chi connectivity index (χ4v) is 5.56. The van der Waals surface area contributed by atoms with E-state index in [9.17, 15) is 9.90 Å². The Morgan fingerprint density at radius 1 is 1.24 bits per heavy atom. The van der Waals surface area contributed by atoms with Gasteiger partial charge in [-0.2, -0.15) is 0 Å². The van der Waals surface area contributed by atoms with Crippen molar-refractivity contribution in [2.75, 3.05) is 54.0 Å². The van der Waals surface area contributed by atoms with E-state index in [2.05, 4.69) is 20.9 Å². The van der Waals surface area contributed by atoms with Gasteiger partial charge in [-0.05, 0) is 49.5 Å². The van der Waals surface area contributed by atoms with E-state index in [-0.39, 0.29) is 24.0 Å². The predicted octanol–water partition coefficient (Wildman–Crippen LogP) is 1.76. The molecule has 174 valence electrons. The highest BCUT2D eigenvalue weighted by molar-refractivity contribution is 5.89. The molecule has 1 saturated heterocycles. The second-order valence-corrected chi connectivity index (χ2v) is 9.56. The number of rotatable bonds is 6. The van der Waals surface area contributed by atoms with Crippen molar-refractivity contribution in [1.29, 1.82) is 0 Å². The number of fused-ring (bicyclic) bond motifs is 4. The van der Waals surface area contributed by atoms with Crippen molar-refractivity contribution in [3.05, 3.63) is 59.5 Å². The zero-order valence-corrected chi connectivity index (χ0v) is 19.4. The predicted molar refractivity (Wildman–Crippen MR) is 126 cm³/mol. The van der Waals surface area contributed by atoms with Gasteiger partial charge in [-0.25, -0.2) is 0 Å². The number of aliphatic hydroxyl groups is 1. The molecule has 3 aromatic rings. The van der Waals surface area contributed by atoms with Crippen molar-refractivity contribution in [2.24, 2.45) is 0 Å². The monoisotopic (exact) mass is 449 g/mol. The van der Waals surface area contributed by atoms with Crippen LogP contribution in [0.5, 0.6) is 5.75 Å². The highest BCUT2D eigenvalue weighted by atomic mass is 16.5. The molecule has 1 fully saturated rings. The Hall–Kier alpha value is -2.94. The van der Waals surface area contributed by atoms with Gasteiger partial charge in [0.1, 0.15) is 5.75 Å². The number of H-pyrrole nitrogens is 1. The van der Waals surface area contributed by atoms with E-state index in [0.717, 1.165) is 42.0 Å². The number of hydrogen-bond donors (Lipinski definition) is 2. The molecule has 1 spiro atoms. The van der Waals surface area contributed by atoms with E-state index < -0.39 is 0 Å². The first-order valence-corrected chi connectivity index (χ1v) is 11.3. The number of nitrogens with zero attached hydrogens (tertiary/aromatic N) is 4. The Kier molecular flexibility index (Phi) is 5.60. The lowest BCUT2D eigenvalue weighted by Gasteiger charge is -2.56. The number of benzene rings is 1. The van der Waals surface area contributed by atoms with Crippen LogP contribution in [0.25, 0.3) is 10.9 Å². The molecule has 1 atom stereocenters. The molecule has 5 rings (SSSR count). The maximum absolute atomic E-state index is 13.2. The lowest BCUT2D eigenvalue weighted by Crippen LogP contribution is -2.67. The Morgan fingerprint density at radius 2 is 2.00 bits per heavy atom. The summed E-state index contributed by atoms with van der Waals surface area (Å²) < 4.78 is 5.43. The molecule has 2 N–H and O–H groups in total. The minimum absolute atomic E-state index is 0.0351. The number of aromatic amines is 1. The van der Waals surface area contributed by atoms with Crippen LogP contribution >= 0.6 is 0 Å². The quantitative estimate of drug-likeness (QED) is 0.597. The van der Waals surface area contributed by atoms with Crippen LogP contribution in [-0.2, 0) is 16.8 Å². The van der Waals surface area contributed by atoms with Crippen molar-refractivity contribution in [1.82, 2.24) is 24.7 Å². The number of likely N-dealkylation sites (N-methyl/N-ethyl adjacent to an activating group) is 1. The molecule has 0 bridgehead atoms. The molecule has 8 heteroatoms. The summed E-state index contributed by atoms with van der Waals surface area (Å²) in [6.45, 7) is 3.36. The molecule has 1 aromatic carbocycles. The topological polar surface area (TPSA) is 84.9 Å². The maximum Gasteiger partial charge on any atom is 0.237 e. The third kappa shape index (κ3) is 3.78. The second-order valence-electron chi connectivity index (χ2n) is 9.56. The average Bonchev–Trinajstić information content (AvgIpc) is 3.17. The molecule has 0 aliphatic carbocycles. The molecule has 0 unspecified atom stereocenters. The number of methoxy groups -OCH3 is 1. The molecular formula is C25H31N5O3. The van der Waals surface area contributed by atoms with Crippen molar-refractivity contribution in [3.63, 3.8) is 0 Å². The van der Waals surface area contributed by atoms with Crippen LogP contribution in [0.2, 0.25) is 0 Å². The van der Waals surface area contributed by atoms with Crippen LogP contribution in [-0.4, -0.2) is 89.7 Å². The van der Waals surface area contributed by atoms with Crippen LogP contribution < -0.4 is 4.74 Å². The van der Waals surface area contributed by atoms with Crippen LogP contribution in [0.3, 0.4) is 0 Å². The molecular weight excluding hydrogens is 418 g/mol. The number of carbonyl (C=O) groups excluding carboxylic acids is 1. The number of amides is 1. The number of nitrogens with one attached hydrogen (secondary N) is 1. The third-order valence-electron chi connectivity index (χ3n) is 6.90. The van der Waals surface area contributed by atoms with E-state index in [1.165, 1.54) is 11.1 Å². The average molecular weight is 450 g/mol. The van der Waals surface area contributed by atoms with Crippen LogP contribution in [0.15, 0.2) is 42.7 Å². The summed E-state index contributed by atoms with van der Waals surface area (Å²) >= 11 is 0. The van der Waals surface area contributed by atoms with Crippen molar-refractivity contribution < 1.29 is 14.6 Å². The van der Waals surface area contributed by atoms with Crippen LogP contribution in [0.4, 0.5) is 0 Å². The lowest BCUT2D eigenvalue weighted by atomic mass is 9.68. The number of pyridine rings is 1. The van der Waals surface area contributed by atoms with Gasteiger partial charge in [0, 0.05) is 66.7 Å². The van der Waals surface area contributed by atoms with E-state index in [0.29, 0.717) is 13.1 Å². The van der Waals surface area contributed by atoms with Gasteiger partial charge in [0.2, 0.25) is 5.91 Å². The number of hydrogen-bond acceptors (Lipinski definition) is 6. The summed E-state index contributed by atoms with van der Waals surface area (Å²) in [6.07, 6.45) is 3.65. The van der Waals surface area contributed by atoms with Crippen LogP contribution in [0, 0.1) is 0 Å². The molecule has 2 aromatic heterocycles. The second kappa shape index (κ2) is 8.44. The highest BCUT2D eigenvalue weighted by Gasteiger charge is 2.53. The van der Waals surface area contributed by atoms with E-state index in [4.69, 9.17) is 4.74 Å². The van der Waals surface area contributed by atoms with E-state index >= 15 is 0 Å². The molecule has 2 aliphatic rings. The number of aromatic nitrogens is 2. The summed E-state index contributed by atoms with van der Waals surface area (Å²) in [5.41, 5.74) is 4.21. The summed E-state index contributed by atoms with van der Waals surface area (Å²) in [5.74, 6) is 0.817. The van der Waals surface area contributed by atoms with E-state index in [1.807, 2.05) is 60.6 Å². The van der Waals surface area contributed by atoms with Gasteiger partial charge < -0.3 is 24.6 Å². The first-order valence-electron chi connectivity index (χ1n) is 11.3. The Bertz CT molecular complexity index is 1150. The van der Waals surface area contributed by atoms with E-state index in [1.54, 1.807) is 7.11 Å². The fraction of sp³-hybridized carbons (Fsp3) is 0.440. The number of likely N-dealkylation sites (tertiary alicyclic amines) is 1. The molecule has 1 amide bonds. The van der Waals surface area contributed by atoms with Crippen molar-refractivity contribution in [3.8, 4) is 5.75 Å². The summed E-state index contributed by atoms with van der Waals surface area (Å²) in [5, 5.41) is 11.5. The van der Waals surface area contributed by atoms with Gasteiger partial charge >= 0.3 is 0 Å². The molecule has 2 aliphatic heterocycles. The normalized spacial score (nSPS) is 19.7. The Morgan fingerprint density at radius 3 is 2.67 bits per heavy atom. The Labute approximate surface area is 193 Å². The summed E-state index contributed by atoms with van der Waals surface area (Å²) in [6, 6.07) is 9.78. The smallest absolute Gasteiger partial charge is 0.237 e. The molecule has 8 nitrogen and oxygen atoms in total. The minimum Gasteiger partial charge on any atom is -0.497 e. The van der Waals surface area contributed by atoms with Gasteiger partial charge in [-0.1, -0.05) is 0 Å². The summed E-state index contributed by atoms with van der Waals surface area (Å²) in [7, 11) is 5.45. The zero-order chi connectivity index (χ0) is 23.2. The first-order chi connectivity index (χ1) is 15.9. The van der Waals surface area contributed by atoms with Crippen LogP contribution in [0.1, 0.15) is 22.9 Å². The molecule has 0 saturated carbocycles. The lowest BCUT2D eigenvalue weighted by molar-refractivity contribution is -0.139. The van der Waals surface area contributed by atoms with Gasteiger partial charge in [-0.15, -0.1) is 0 Å². The first kappa shape index (κ1) is 21.9. The molecule has 33 heavy (non-hydrogen) atoms. The van der Waals surface area contributed by atoms with Gasteiger partial charge in [0.15, 0.2) is 0 Å². The van der Waals surface area contributed by atoms with Gasteiger partial charge in [0.05, 0.1) is 26.3 Å². The fourth-order valence-electron chi connectivity index (χ4n) is 5.56. The third-order valence-corrected chi connectivity index (χ3v) is 6.90. The van der Waals surface area contributed by atoms with Crippen molar-refractivity contribution in [2.45, 2.75) is 18.0 Å². The van der Waals surface area contributed by atoms with Gasteiger partial charge in [-0.3, -0.25) is 14.7 Å². The van der Waals surface area contributed by atoms with Gasteiger partial charge in [0.25, 0.3) is 0 Å². The molecule has 4 heterocycles. The Balaban J connectivity index is 1.55.